The van der Waals surface area contributed by atoms with E-state index in [1.54, 1.807) is 20.9 Å². The van der Waals surface area contributed by atoms with E-state index in [1.807, 2.05) is 22.7 Å². The Balaban J connectivity index is 2.05. The lowest BCUT2D eigenvalue weighted by atomic mass is 10.00. The fourth-order valence-corrected chi connectivity index (χ4v) is 4.59. The first-order valence-corrected chi connectivity index (χ1v) is 7.84. The quantitative estimate of drug-likeness (QED) is 0.606. The van der Waals surface area contributed by atoms with Crippen LogP contribution < -0.4 is 0 Å². The second kappa shape index (κ2) is 4.72. The molecule has 0 nitrogen and oxygen atoms in total. The summed E-state index contributed by atoms with van der Waals surface area (Å²) < 4.78 is 0. The SMILES string of the molecule is c1cc2c(s1)-c1sccc1CCCCCC2. The average Bonchev–Trinajstić information content (AvgIpc) is 2.92. The monoisotopic (exact) mass is 248 g/mol. The molecule has 0 bridgehead atoms. The van der Waals surface area contributed by atoms with Gasteiger partial charge in [0.05, 0.1) is 0 Å². The Kier molecular flexibility index (Phi) is 3.11. The molecule has 0 N–H and O–H groups in total. The van der Waals surface area contributed by atoms with Crippen molar-refractivity contribution < 1.29 is 0 Å². The Morgan fingerprint density at radius 2 is 1.19 bits per heavy atom. The van der Waals surface area contributed by atoms with Gasteiger partial charge in [0.2, 0.25) is 0 Å². The summed E-state index contributed by atoms with van der Waals surface area (Å²) in [6, 6.07) is 4.65. The van der Waals surface area contributed by atoms with Crippen LogP contribution in [0.4, 0.5) is 0 Å². The standard InChI is InChI=1S/C14H16S2/c1-2-4-6-12-8-10-16-14(12)13-11(5-3-1)7-9-15-13/h7-10H,1-6H2. The largest absolute Gasteiger partial charge is 0.143 e. The second-order valence-corrected chi connectivity index (χ2v) is 6.30. The Morgan fingerprint density at radius 1 is 0.688 bits per heavy atom. The molecule has 0 spiro atoms. The summed E-state index contributed by atoms with van der Waals surface area (Å²) in [5.41, 5.74) is 3.16. The molecule has 2 heterocycles. The van der Waals surface area contributed by atoms with Gasteiger partial charge in [-0.25, -0.2) is 0 Å². The van der Waals surface area contributed by atoms with Gasteiger partial charge < -0.3 is 0 Å². The van der Waals surface area contributed by atoms with Crippen LogP contribution in [-0.4, -0.2) is 0 Å². The van der Waals surface area contributed by atoms with Gasteiger partial charge in [-0.2, -0.15) is 0 Å². The molecule has 3 rings (SSSR count). The first-order valence-electron chi connectivity index (χ1n) is 6.08. The van der Waals surface area contributed by atoms with Crippen molar-refractivity contribution >= 4 is 22.7 Å². The maximum absolute atomic E-state index is 2.32. The highest BCUT2D eigenvalue weighted by Gasteiger charge is 2.13. The first kappa shape index (κ1) is 10.5. The molecule has 16 heavy (non-hydrogen) atoms. The summed E-state index contributed by atoms with van der Waals surface area (Å²) >= 11 is 3.84. The molecule has 0 aliphatic heterocycles. The summed E-state index contributed by atoms with van der Waals surface area (Å²) in [5.74, 6) is 0. The molecule has 2 aromatic heterocycles. The Morgan fingerprint density at radius 3 is 1.69 bits per heavy atom. The lowest BCUT2D eigenvalue weighted by Gasteiger charge is -2.09. The molecule has 0 fully saturated rings. The van der Waals surface area contributed by atoms with Crippen LogP contribution in [0.1, 0.15) is 36.8 Å². The van der Waals surface area contributed by atoms with Crippen LogP contribution in [0.2, 0.25) is 0 Å². The average molecular weight is 248 g/mol. The topological polar surface area (TPSA) is 0 Å². The van der Waals surface area contributed by atoms with E-state index in [0.717, 1.165) is 0 Å². The van der Waals surface area contributed by atoms with Crippen LogP contribution in [0.5, 0.6) is 0 Å². The molecule has 1 aliphatic carbocycles. The van der Waals surface area contributed by atoms with Crippen molar-refractivity contribution in [2.24, 2.45) is 0 Å². The van der Waals surface area contributed by atoms with E-state index in [2.05, 4.69) is 22.9 Å². The normalized spacial score (nSPS) is 16.5. The van der Waals surface area contributed by atoms with Crippen molar-refractivity contribution in [3.05, 3.63) is 34.0 Å². The smallest absolute Gasteiger partial charge is 0.0477 e. The highest BCUT2D eigenvalue weighted by molar-refractivity contribution is 7.20. The Bertz CT molecular complexity index is 420. The minimum atomic E-state index is 1.27. The minimum absolute atomic E-state index is 1.27. The molecule has 0 unspecified atom stereocenters. The molecular weight excluding hydrogens is 232 g/mol. The minimum Gasteiger partial charge on any atom is -0.143 e. The van der Waals surface area contributed by atoms with Gasteiger partial charge in [-0.3, -0.25) is 0 Å². The van der Waals surface area contributed by atoms with Crippen LogP contribution in [0.25, 0.3) is 9.75 Å². The van der Waals surface area contributed by atoms with Gasteiger partial charge in [-0.15, -0.1) is 22.7 Å². The third-order valence-corrected chi connectivity index (χ3v) is 5.42. The van der Waals surface area contributed by atoms with Crippen molar-refractivity contribution in [3.8, 4) is 9.75 Å². The molecule has 84 valence electrons. The van der Waals surface area contributed by atoms with Crippen LogP contribution in [0, 0.1) is 0 Å². The number of fused-ring (bicyclic) bond motifs is 3. The molecule has 0 atom stereocenters. The van der Waals surface area contributed by atoms with E-state index in [-0.39, 0.29) is 0 Å². The Hall–Kier alpha value is -0.600. The van der Waals surface area contributed by atoms with Gasteiger partial charge >= 0.3 is 0 Å². The number of hydrogen-bond donors (Lipinski definition) is 0. The highest BCUT2D eigenvalue weighted by Crippen LogP contribution is 2.38. The molecule has 2 heteroatoms. The molecular formula is C14H16S2. The van der Waals surface area contributed by atoms with E-state index in [4.69, 9.17) is 0 Å². The molecule has 0 aromatic carbocycles. The van der Waals surface area contributed by atoms with Gasteiger partial charge in [0.1, 0.15) is 0 Å². The zero-order chi connectivity index (χ0) is 10.8. The molecule has 0 radical (unpaired) electrons. The lowest BCUT2D eigenvalue weighted by molar-refractivity contribution is 0.640. The number of rotatable bonds is 0. The van der Waals surface area contributed by atoms with Crippen molar-refractivity contribution in [2.75, 3.05) is 0 Å². The molecule has 2 aromatic rings. The van der Waals surface area contributed by atoms with Gasteiger partial charge in [0.15, 0.2) is 0 Å². The van der Waals surface area contributed by atoms with Gasteiger partial charge in [0.25, 0.3) is 0 Å². The van der Waals surface area contributed by atoms with Crippen LogP contribution in [-0.2, 0) is 12.8 Å². The summed E-state index contributed by atoms with van der Waals surface area (Å²) in [4.78, 5) is 3.10. The molecule has 0 saturated heterocycles. The third kappa shape index (κ3) is 1.96. The maximum atomic E-state index is 2.32. The van der Waals surface area contributed by atoms with Crippen molar-refractivity contribution in [2.45, 2.75) is 38.5 Å². The predicted octanol–water partition coefficient (Wildman–Crippen LogP) is 5.14. The summed E-state index contributed by atoms with van der Waals surface area (Å²) in [6.07, 6.45) is 8.07. The summed E-state index contributed by atoms with van der Waals surface area (Å²) in [5, 5.41) is 4.51. The first-order chi connectivity index (χ1) is 7.95. The summed E-state index contributed by atoms with van der Waals surface area (Å²) in [7, 11) is 0. The fraction of sp³-hybridized carbons (Fsp3) is 0.429. The van der Waals surface area contributed by atoms with Crippen molar-refractivity contribution in [3.63, 3.8) is 0 Å². The van der Waals surface area contributed by atoms with Gasteiger partial charge in [0, 0.05) is 9.75 Å². The maximum Gasteiger partial charge on any atom is 0.0477 e. The zero-order valence-corrected chi connectivity index (χ0v) is 11.0. The van der Waals surface area contributed by atoms with E-state index in [1.165, 1.54) is 38.5 Å². The fourth-order valence-electron chi connectivity index (χ4n) is 2.45. The number of hydrogen-bond acceptors (Lipinski definition) is 2. The predicted molar refractivity (Wildman–Crippen MR) is 73.5 cm³/mol. The lowest BCUT2D eigenvalue weighted by Crippen LogP contribution is -1.92. The van der Waals surface area contributed by atoms with Crippen molar-refractivity contribution in [1.29, 1.82) is 0 Å². The third-order valence-electron chi connectivity index (χ3n) is 3.34. The molecule has 0 saturated carbocycles. The van der Waals surface area contributed by atoms with Crippen LogP contribution in [0.3, 0.4) is 0 Å². The second-order valence-electron chi connectivity index (χ2n) is 4.46. The van der Waals surface area contributed by atoms with E-state index in [0.29, 0.717) is 0 Å². The highest BCUT2D eigenvalue weighted by atomic mass is 32.1. The van der Waals surface area contributed by atoms with Gasteiger partial charge in [-0.1, -0.05) is 12.8 Å². The van der Waals surface area contributed by atoms with E-state index in [9.17, 15) is 0 Å². The van der Waals surface area contributed by atoms with E-state index < -0.39 is 0 Å². The summed E-state index contributed by atoms with van der Waals surface area (Å²) in [6.45, 7) is 0. The number of thiophene rings is 2. The van der Waals surface area contributed by atoms with Crippen LogP contribution in [0.15, 0.2) is 22.9 Å². The zero-order valence-electron chi connectivity index (χ0n) is 9.37. The molecule has 0 amide bonds. The van der Waals surface area contributed by atoms with E-state index >= 15 is 0 Å². The number of aryl methyl sites for hydroxylation is 2. The molecule has 1 aliphatic rings. The van der Waals surface area contributed by atoms with Gasteiger partial charge in [-0.05, 0) is 59.7 Å². The van der Waals surface area contributed by atoms with Crippen molar-refractivity contribution in [1.82, 2.24) is 0 Å². The Labute approximate surface area is 105 Å². The van der Waals surface area contributed by atoms with Crippen LogP contribution >= 0.6 is 22.7 Å².